The highest BCUT2D eigenvalue weighted by Crippen LogP contribution is 2.35. The van der Waals surface area contributed by atoms with Crippen molar-refractivity contribution in [3.05, 3.63) is 56.2 Å². The highest BCUT2D eigenvalue weighted by Gasteiger charge is 2.31. The van der Waals surface area contributed by atoms with Crippen molar-refractivity contribution in [1.29, 1.82) is 0 Å². The first-order valence-corrected chi connectivity index (χ1v) is 11.6. The van der Waals surface area contributed by atoms with Gasteiger partial charge in [0.25, 0.3) is 0 Å². The molecular formula is C22H23Br2F2N3O3. The number of carbonyl (C=O) groups is 2. The molecule has 1 aliphatic carbocycles. The average Bonchev–Trinajstić information content (AvgIpc) is 3.46. The summed E-state index contributed by atoms with van der Waals surface area (Å²) in [6, 6.07) is 4.06. The highest BCUT2D eigenvalue weighted by atomic mass is 79.9. The number of alkyl carbamates (subject to hydrolysis) is 1. The van der Waals surface area contributed by atoms with E-state index in [2.05, 4.69) is 47.5 Å². The number of benzene rings is 1. The monoisotopic (exact) mass is 573 g/mol. The summed E-state index contributed by atoms with van der Waals surface area (Å²) in [5.41, 5.74) is 0.476. The average molecular weight is 575 g/mol. The number of carbonyl (C=O) groups excluding carboxylic acids is 2. The van der Waals surface area contributed by atoms with Crippen molar-refractivity contribution in [2.45, 2.75) is 51.7 Å². The van der Waals surface area contributed by atoms with Gasteiger partial charge in [-0.2, -0.15) is 0 Å². The third kappa shape index (κ3) is 6.96. The fourth-order valence-electron chi connectivity index (χ4n) is 3.02. The second-order valence-electron chi connectivity index (χ2n) is 8.64. The molecule has 0 spiro atoms. The topological polar surface area (TPSA) is 80.3 Å². The number of amides is 2. The van der Waals surface area contributed by atoms with Crippen LogP contribution in [0.15, 0.2) is 33.3 Å². The molecule has 0 radical (unpaired) electrons. The molecule has 172 valence electrons. The van der Waals surface area contributed by atoms with Crippen molar-refractivity contribution in [2.75, 3.05) is 5.32 Å². The number of ether oxygens (including phenoxy) is 1. The minimum absolute atomic E-state index is 0.0183. The number of nitrogens with one attached hydrogen (secondary N) is 2. The molecular weight excluding hydrogens is 552 g/mol. The summed E-state index contributed by atoms with van der Waals surface area (Å²) in [7, 11) is 0. The number of hydrogen-bond donors (Lipinski definition) is 2. The van der Waals surface area contributed by atoms with Gasteiger partial charge in [0, 0.05) is 16.5 Å². The van der Waals surface area contributed by atoms with E-state index >= 15 is 0 Å². The largest absolute Gasteiger partial charge is 0.444 e. The van der Waals surface area contributed by atoms with Gasteiger partial charge in [-0.25, -0.2) is 18.6 Å². The van der Waals surface area contributed by atoms with Crippen molar-refractivity contribution in [3.8, 4) is 0 Å². The summed E-state index contributed by atoms with van der Waals surface area (Å²) in [6.07, 6.45) is 1.08. The Hall–Kier alpha value is -2.07. The van der Waals surface area contributed by atoms with Crippen LogP contribution < -0.4 is 10.6 Å². The number of halogens is 4. The second-order valence-corrected chi connectivity index (χ2v) is 10.2. The van der Waals surface area contributed by atoms with Gasteiger partial charge < -0.3 is 15.4 Å². The molecule has 3 rings (SSSR count). The first kappa shape index (κ1) is 24.6. The predicted molar refractivity (Wildman–Crippen MR) is 123 cm³/mol. The highest BCUT2D eigenvalue weighted by molar-refractivity contribution is 9.11. The predicted octanol–water partition coefficient (Wildman–Crippen LogP) is 6.04. The minimum Gasteiger partial charge on any atom is -0.444 e. The van der Waals surface area contributed by atoms with Crippen molar-refractivity contribution < 1.29 is 23.1 Å². The van der Waals surface area contributed by atoms with E-state index in [0.29, 0.717) is 26.0 Å². The molecule has 10 heteroatoms. The maximum atomic E-state index is 13.7. The van der Waals surface area contributed by atoms with Gasteiger partial charge in [0.15, 0.2) is 0 Å². The van der Waals surface area contributed by atoms with Crippen LogP contribution in [0.5, 0.6) is 0 Å². The fraction of sp³-hybridized carbons (Fsp3) is 0.409. The van der Waals surface area contributed by atoms with Crippen LogP contribution in [0.1, 0.15) is 50.9 Å². The molecule has 6 nitrogen and oxygen atoms in total. The van der Waals surface area contributed by atoms with Crippen LogP contribution >= 0.6 is 31.9 Å². The van der Waals surface area contributed by atoms with E-state index in [1.165, 1.54) is 12.1 Å². The van der Waals surface area contributed by atoms with Gasteiger partial charge in [0.05, 0.1) is 17.4 Å². The summed E-state index contributed by atoms with van der Waals surface area (Å²) in [5.74, 6) is -1.50. The summed E-state index contributed by atoms with van der Waals surface area (Å²) >= 11 is 6.80. The zero-order valence-electron chi connectivity index (χ0n) is 17.8. The number of pyridine rings is 1. The normalized spacial score (nSPS) is 14.6. The van der Waals surface area contributed by atoms with Crippen LogP contribution in [0, 0.1) is 17.6 Å². The Kier molecular flexibility index (Phi) is 7.54. The molecule has 2 aromatic rings. The Morgan fingerprint density at radius 2 is 1.78 bits per heavy atom. The van der Waals surface area contributed by atoms with Crippen molar-refractivity contribution in [1.82, 2.24) is 10.3 Å². The van der Waals surface area contributed by atoms with Gasteiger partial charge in [-0.15, -0.1) is 0 Å². The van der Waals surface area contributed by atoms with Gasteiger partial charge in [-0.1, -0.05) is 0 Å². The van der Waals surface area contributed by atoms with Gasteiger partial charge >= 0.3 is 6.09 Å². The summed E-state index contributed by atoms with van der Waals surface area (Å²) in [6.45, 7) is 5.18. The van der Waals surface area contributed by atoms with Crippen LogP contribution in [-0.2, 0) is 16.0 Å². The molecule has 1 saturated carbocycles. The molecule has 1 fully saturated rings. The molecule has 1 aromatic carbocycles. The Labute approximate surface area is 201 Å². The van der Waals surface area contributed by atoms with Gasteiger partial charge in [-0.05, 0) is 95.7 Å². The third-order valence-electron chi connectivity index (χ3n) is 4.55. The lowest BCUT2D eigenvalue weighted by Gasteiger charge is -2.24. The maximum Gasteiger partial charge on any atom is 0.408 e. The number of hydrogen-bond acceptors (Lipinski definition) is 4. The third-order valence-corrected chi connectivity index (χ3v) is 5.79. The molecule has 0 bridgehead atoms. The quantitative estimate of drug-likeness (QED) is 0.412. The maximum absolute atomic E-state index is 13.7. The summed E-state index contributed by atoms with van der Waals surface area (Å²) in [5, 5.41) is 5.55. The molecule has 2 amide bonds. The van der Waals surface area contributed by atoms with Crippen LogP contribution in [0.4, 0.5) is 19.3 Å². The molecule has 1 aliphatic rings. The Morgan fingerprint density at radius 1 is 1.16 bits per heavy atom. The van der Waals surface area contributed by atoms with E-state index in [4.69, 9.17) is 4.74 Å². The van der Waals surface area contributed by atoms with Crippen LogP contribution in [0.25, 0.3) is 0 Å². The second kappa shape index (κ2) is 9.82. The number of rotatable bonds is 6. The number of nitrogens with zero attached hydrogens (tertiary/aromatic N) is 1. The summed E-state index contributed by atoms with van der Waals surface area (Å²) in [4.78, 5) is 29.1. The van der Waals surface area contributed by atoms with Gasteiger partial charge in [-0.3, -0.25) is 4.79 Å². The molecule has 2 N–H and O–H groups in total. The zero-order chi connectivity index (χ0) is 23.6. The van der Waals surface area contributed by atoms with Crippen LogP contribution in [0.3, 0.4) is 0 Å². The van der Waals surface area contributed by atoms with Crippen molar-refractivity contribution in [2.24, 2.45) is 5.92 Å². The minimum atomic E-state index is -0.773. The van der Waals surface area contributed by atoms with E-state index in [-0.39, 0.29) is 18.2 Å². The Balaban J connectivity index is 1.91. The lowest BCUT2D eigenvalue weighted by molar-refractivity contribution is -0.117. The van der Waals surface area contributed by atoms with E-state index < -0.39 is 29.4 Å². The van der Waals surface area contributed by atoms with E-state index in [0.717, 1.165) is 18.9 Å². The molecule has 1 heterocycles. The Morgan fingerprint density at radius 3 is 2.34 bits per heavy atom. The standard InChI is InChI=1S/C22H23Br2F2N3O3/c1-22(2,3)32-21(31)28-16(8-11-6-13(25)9-14(26)7-11)18-15(23)10-17(19(24)29-18)27-20(30)12-4-5-12/h6-7,9-10,12,16H,4-5,8H2,1-3H3,(H,27,30)(H,28,31)/t16-/m0/s1. The van der Waals surface area contributed by atoms with E-state index in [9.17, 15) is 18.4 Å². The summed E-state index contributed by atoms with van der Waals surface area (Å²) < 4.78 is 33.7. The fourth-order valence-corrected chi connectivity index (χ4v) is 4.02. The molecule has 32 heavy (non-hydrogen) atoms. The van der Waals surface area contributed by atoms with Crippen molar-refractivity contribution in [3.63, 3.8) is 0 Å². The number of anilines is 1. The lowest BCUT2D eigenvalue weighted by Crippen LogP contribution is -2.36. The van der Waals surface area contributed by atoms with Crippen LogP contribution in [0.2, 0.25) is 0 Å². The molecule has 1 atom stereocenters. The lowest BCUT2D eigenvalue weighted by atomic mass is 10.0. The molecule has 0 saturated heterocycles. The smallest absolute Gasteiger partial charge is 0.408 e. The van der Waals surface area contributed by atoms with E-state index in [1.54, 1.807) is 26.8 Å². The van der Waals surface area contributed by atoms with Gasteiger partial charge in [0.1, 0.15) is 21.8 Å². The number of aromatic nitrogens is 1. The molecule has 1 aromatic heterocycles. The van der Waals surface area contributed by atoms with Gasteiger partial charge in [0.2, 0.25) is 5.91 Å². The van der Waals surface area contributed by atoms with Crippen LogP contribution in [-0.4, -0.2) is 22.6 Å². The first-order chi connectivity index (χ1) is 14.9. The molecule has 0 aliphatic heterocycles. The van der Waals surface area contributed by atoms with E-state index in [1.807, 2.05) is 0 Å². The molecule has 0 unspecified atom stereocenters. The Bertz CT molecular complexity index is 1020. The first-order valence-electron chi connectivity index (χ1n) is 10.0. The zero-order valence-corrected chi connectivity index (χ0v) is 20.9. The van der Waals surface area contributed by atoms with Crippen molar-refractivity contribution >= 4 is 49.5 Å². The SMILES string of the molecule is CC(C)(C)OC(=O)N[C@@H](Cc1cc(F)cc(F)c1)c1nc(Br)c(NC(=O)C2CC2)cc1Br.